The van der Waals surface area contributed by atoms with E-state index in [0.717, 1.165) is 28.0 Å². The van der Waals surface area contributed by atoms with E-state index in [1.54, 1.807) is 99.4 Å². The van der Waals surface area contributed by atoms with Gasteiger partial charge >= 0.3 is 0 Å². The van der Waals surface area contributed by atoms with E-state index in [9.17, 15) is 33.6 Å². The summed E-state index contributed by atoms with van der Waals surface area (Å²) in [5, 5.41) is 8.35. The van der Waals surface area contributed by atoms with Crippen LogP contribution in [-0.2, 0) is 24.0 Å². The minimum absolute atomic E-state index is 0.113. The predicted octanol–water partition coefficient (Wildman–Crippen LogP) is 7.95. The van der Waals surface area contributed by atoms with Gasteiger partial charge in [0.2, 0.25) is 17.7 Å². The molecule has 0 aliphatic carbocycles. The molecule has 7 amide bonds. The van der Waals surface area contributed by atoms with Gasteiger partial charge in [0.1, 0.15) is 29.3 Å². The maximum Gasteiger partial charge on any atom is 0.260 e. The second-order valence-corrected chi connectivity index (χ2v) is 20.0. The Bertz CT molecular complexity index is 3140. The van der Waals surface area contributed by atoms with Crippen molar-refractivity contribution in [3.63, 3.8) is 0 Å². The van der Waals surface area contributed by atoms with Gasteiger partial charge in [0, 0.05) is 86.5 Å². The second-order valence-electron chi connectivity index (χ2n) is 20.0. The number of methoxy groups -OCH3 is 1. The van der Waals surface area contributed by atoms with E-state index < -0.39 is 23.9 Å². The number of amides is 7. The van der Waals surface area contributed by atoms with E-state index in [1.165, 1.54) is 11.0 Å². The Hall–Kier alpha value is -8.67. The average Bonchev–Trinajstić information content (AvgIpc) is 4.08. The average molecular weight is 1040 g/mol. The molecule has 0 spiro atoms. The zero-order valence-corrected chi connectivity index (χ0v) is 43.7. The van der Waals surface area contributed by atoms with Gasteiger partial charge in [-0.3, -0.25) is 48.4 Å². The maximum absolute atomic E-state index is 13.9. The molecule has 0 radical (unpaired) electrons. The summed E-state index contributed by atoms with van der Waals surface area (Å²) < 4.78 is 17.4. The monoisotopic (exact) mass is 1040 g/mol. The van der Waals surface area contributed by atoms with Crippen molar-refractivity contribution in [2.24, 2.45) is 15.9 Å². The molecule has 4 atom stereocenters. The third-order valence-electron chi connectivity index (χ3n) is 14.1. The van der Waals surface area contributed by atoms with Crippen molar-refractivity contribution >= 4 is 82.0 Å². The number of fused-ring (bicyclic) bond motifs is 4. The Labute approximate surface area is 446 Å². The van der Waals surface area contributed by atoms with Gasteiger partial charge in [-0.25, -0.2) is 0 Å². The van der Waals surface area contributed by atoms with Crippen LogP contribution in [0.4, 0.5) is 17.1 Å². The van der Waals surface area contributed by atoms with E-state index in [4.69, 9.17) is 19.2 Å². The summed E-state index contributed by atoms with van der Waals surface area (Å²) in [6.45, 7) is 7.80. The number of rotatable bonds is 21. The first kappa shape index (κ1) is 53.2. The molecule has 0 fully saturated rings. The third-order valence-corrected chi connectivity index (χ3v) is 14.1. The molecule has 5 aliphatic heterocycles. The fourth-order valence-corrected chi connectivity index (χ4v) is 9.71. The SMILES string of the molecule is COc1ccc(C2=CN3C(=O)c4ccc(OCCCOc5ccc6c(c5)N=C[C@@H]5CC(c7ccc(NC(=O)[C@H](C)NC(=O)C(NC(=O)CCCCCN8C(=O)C=C(C)C8=O)C(C)C)cc7)=CN5C6=O)cc4N=C[C@@H]3C2)cc1. The van der Waals surface area contributed by atoms with Crippen molar-refractivity contribution in [1.82, 2.24) is 25.3 Å². The predicted molar refractivity (Wildman–Crippen MR) is 291 cm³/mol. The van der Waals surface area contributed by atoms with Crippen LogP contribution in [0.15, 0.2) is 119 Å². The number of unbranched alkanes of at least 4 members (excludes halogenated alkanes) is 2. The molecule has 398 valence electrons. The highest BCUT2D eigenvalue weighted by Crippen LogP contribution is 2.38. The van der Waals surface area contributed by atoms with Crippen molar-refractivity contribution in [1.29, 1.82) is 0 Å². The van der Waals surface area contributed by atoms with Crippen molar-refractivity contribution in [2.45, 2.75) is 96.8 Å². The lowest BCUT2D eigenvalue weighted by Crippen LogP contribution is -2.53. The third kappa shape index (κ3) is 12.2. The molecular formula is C59H62N8O10. The fourth-order valence-electron chi connectivity index (χ4n) is 9.71. The molecule has 77 heavy (non-hydrogen) atoms. The fraction of sp³-hybridized carbons (Fsp3) is 0.339. The second kappa shape index (κ2) is 23.5. The van der Waals surface area contributed by atoms with Crippen LogP contribution in [0.3, 0.4) is 0 Å². The number of hydrogen-bond acceptors (Lipinski definition) is 12. The van der Waals surface area contributed by atoms with E-state index in [2.05, 4.69) is 20.9 Å². The Morgan fingerprint density at radius 1 is 0.649 bits per heavy atom. The molecule has 5 aliphatic rings. The molecule has 4 aromatic rings. The number of ether oxygens (including phenoxy) is 3. The number of imide groups is 1. The van der Waals surface area contributed by atoms with E-state index in [-0.39, 0.29) is 60.5 Å². The summed E-state index contributed by atoms with van der Waals surface area (Å²) in [6, 6.07) is 23.4. The van der Waals surface area contributed by atoms with E-state index >= 15 is 0 Å². The molecule has 1 unspecified atom stereocenters. The summed E-state index contributed by atoms with van der Waals surface area (Å²) in [6.07, 6.45) is 12.3. The largest absolute Gasteiger partial charge is 0.497 e. The van der Waals surface area contributed by atoms with Crippen LogP contribution in [0.5, 0.6) is 17.2 Å². The summed E-state index contributed by atoms with van der Waals surface area (Å²) in [5.41, 5.74) is 6.85. The van der Waals surface area contributed by atoms with Gasteiger partial charge in [-0.2, -0.15) is 0 Å². The summed E-state index contributed by atoms with van der Waals surface area (Å²) in [4.78, 5) is 105. The zero-order chi connectivity index (χ0) is 54.3. The molecule has 0 saturated heterocycles. The summed E-state index contributed by atoms with van der Waals surface area (Å²) >= 11 is 0. The lowest BCUT2D eigenvalue weighted by atomic mass is 10.0. The van der Waals surface area contributed by atoms with Gasteiger partial charge in [-0.15, -0.1) is 0 Å². The van der Waals surface area contributed by atoms with Crippen LogP contribution in [0.25, 0.3) is 11.1 Å². The summed E-state index contributed by atoms with van der Waals surface area (Å²) in [5.74, 6) is -0.438. The standard InChI is InChI=1S/C59H62N8O10/c1-35(2)54(64-52(68)10-7-6-8-23-65-53(69)26-36(3)57(65)72)56(71)62-37(4)55(70)63-42-15-11-38(12-16-42)40-27-43-31-60-50-29-46(19-21-48(50)58(73)66(43)33-40)76-24-9-25-77-47-20-22-49-51(30-47)61-32-44-28-41(34-67(44)59(49)74)39-13-17-45(75-5)18-14-39/h11-22,26,29-35,37,43-44,54H,6-10,23-25,27-28H2,1-5H3,(H,62,71)(H,63,70)(H,64,68)/t37-,43-,44-,54?/m0/s1. The number of carbonyl (C=O) groups excluding carboxylic acids is 7. The molecule has 18 nitrogen and oxygen atoms in total. The van der Waals surface area contributed by atoms with E-state index in [0.29, 0.717) is 97.0 Å². The quantitative estimate of drug-likeness (QED) is 0.0541. The van der Waals surface area contributed by atoms with Crippen LogP contribution in [0, 0.1) is 5.92 Å². The molecule has 9 rings (SSSR count). The molecule has 5 heterocycles. The number of hydrogen-bond donors (Lipinski definition) is 3. The highest BCUT2D eigenvalue weighted by Gasteiger charge is 2.35. The van der Waals surface area contributed by atoms with Crippen molar-refractivity contribution in [2.75, 3.05) is 32.2 Å². The van der Waals surface area contributed by atoms with Gasteiger partial charge in [-0.1, -0.05) is 44.5 Å². The van der Waals surface area contributed by atoms with Gasteiger partial charge in [-0.05, 0) is 103 Å². The minimum atomic E-state index is -0.912. The van der Waals surface area contributed by atoms with Crippen LogP contribution < -0.4 is 30.2 Å². The molecule has 4 aromatic carbocycles. The van der Waals surface area contributed by atoms with Crippen molar-refractivity contribution in [3.8, 4) is 17.2 Å². The Morgan fingerprint density at radius 3 is 1.71 bits per heavy atom. The number of aliphatic imine (C=N–C) groups is 2. The topological polar surface area (TPSA) is 218 Å². The van der Waals surface area contributed by atoms with Gasteiger partial charge < -0.3 is 40.0 Å². The van der Waals surface area contributed by atoms with E-state index in [1.807, 2.05) is 55.0 Å². The normalized spacial score (nSPS) is 18.1. The van der Waals surface area contributed by atoms with Crippen molar-refractivity contribution < 1.29 is 47.8 Å². The molecule has 18 heteroatoms. The smallest absolute Gasteiger partial charge is 0.260 e. The summed E-state index contributed by atoms with van der Waals surface area (Å²) in [7, 11) is 1.63. The Morgan fingerprint density at radius 2 is 1.19 bits per heavy atom. The van der Waals surface area contributed by atoms with Crippen LogP contribution in [-0.4, -0.2) is 120 Å². The molecular weight excluding hydrogens is 981 g/mol. The molecule has 3 N–H and O–H groups in total. The van der Waals surface area contributed by atoms with Crippen LogP contribution in [0.1, 0.15) is 104 Å². The van der Waals surface area contributed by atoms with Gasteiger partial charge in [0.25, 0.3) is 23.6 Å². The molecule has 0 saturated carbocycles. The first-order chi connectivity index (χ1) is 37.1. The first-order valence-electron chi connectivity index (χ1n) is 26.0. The lowest BCUT2D eigenvalue weighted by molar-refractivity contribution is -0.137. The minimum Gasteiger partial charge on any atom is -0.497 e. The Kier molecular flexibility index (Phi) is 16.2. The number of nitrogens with zero attached hydrogens (tertiary/aromatic N) is 5. The Balaban J connectivity index is 0.701. The number of anilines is 1. The maximum atomic E-state index is 13.9. The van der Waals surface area contributed by atoms with Crippen molar-refractivity contribution in [3.05, 3.63) is 131 Å². The van der Waals surface area contributed by atoms with Crippen LogP contribution in [0.2, 0.25) is 0 Å². The first-order valence-corrected chi connectivity index (χ1v) is 26.0. The number of benzene rings is 4. The number of nitrogens with one attached hydrogen (secondary N) is 3. The molecule has 0 aromatic heterocycles. The van der Waals surface area contributed by atoms with Crippen LogP contribution >= 0.6 is 0 Å². The lowest BCUT2D eigenvalue weighted by Gasteiger charge is -2.24. The zero-order valence-electron chi connectivity index (χ0n) is 43.7. The van der Waals surface area contributed by atoms with Gasteiger partial charge in [0.05, 0.1) is 54.9 Å². The highest BCUT2D eigenvalue weighted by atomic mass is 16.5. The highest BCUT2D eigenvalue weighted by molar-refractivity contribution is 6.16. The number of carbonyl (C=O) groups is 7. The molecule has 0 bridgehead atoms. The van der Waals surface area contributed by atoms with Gasteiger partial charge in [0.15, 0.2) is 0 Å².